The summed E-state index contributed by atoms with van der Waals surface area (Å²) >= 11 is 0. The highest BCUT2D eigenvalue weighted by molar-refractivity contribution is 5.70. The van der Waals surface area contributed by atoms with E-state index in [9.17, 15) is 9.59 Å². The zero-order valence-electron chi connectivity index (χ0n) is 41.4. The molecule has 0 saturated heterocycles. The maximum atomic E-state index is 12.8. The summed E-state index contributed by atoms with van der Waals surface area (Å²) in [4.78, 5) is 25.4. The molecule has 0 aromatic heterocycles. The van der Waals surface area contributed by atoms with Gasteiger partial charge in [-0.25, -0.2) is 0 Å². The summed E-state index contributed by atoms with van der Waals surface area (Å²) in [6, 6.07) is 0. The molecule has 0 heterocycles. The number of carbonyl (C=O) groups is 2. The highest BCUT2D eigenvalue weighted by atomic mass is 16.6. The molecule has 0 amide bonds. The standard InChI is InChI=1S/C57H102O5/c1-4-7-10-13-16-19-22-25-28-29-31-32-35-38-41-44-47-50-56(58)61-54-55(53-60-52-49-46-43-40-37-34-27-24-21-18-15-12-9-6-3)62-57(59)51-48-45-42-39-36-33-30-26-23-20-17-14-11-8-5-2/h8,11,17,20-21,24,26,30,36,39,55H,4-7,9-10,12-16,18-19,22-23,25,27-29,31-35,37-38,40-54H2,1-3H3/b11-8-,20-17-,24-21-,30-26-,39-36-. The van der Waals surface area contributed by atoms with Gasteiger partial charge in [-0.2, -0.15) is 0 Å². The Balaban J connectivity index is 4.30. The van der Waals surface area contributed by atoms with Gasteiger partial charge in [0.15, 0.2) is 6.10 Å². The Kier molecular flexibility index (Phi) is 50.9. The zero-order chi connectivity index (χ0) is 44.9. The van der Waals surface area contributed by atoms with Crippen LogP contribution >= 0.6 is 0 Å². The normalized spacial score (nSPS) is 12.6. The first kappa shape index (κ1) is 59.6. The van der Waals surface area contributed by atoms with Gasteiger partial charge in [-0.05, 0) is 83.5 Å². The third-order valence-corrected chi connectivity index (χ3v) is 11.5. The lowest BCUT2D eigenvalue weighted by molar-refractivity contribution is -0.163. The average Bonchev–Trinajstić information content (AvgIpc) is 3.27. The number of unbranched alkanes of at least 4 members (excludes halogenated alkanes) is 28. The summed E-state index contributed by atoms with van der Waals surface area (Å²) in [6.07, 6.45) is 66.6. The lowest BCUT2D eigenvalue weighted by atomic mass is 10.0. The van der Waals surface area contributed by atoms with Crippen molar-refractivity contribution in [2.45, 2.75) is 271 Å². The Morgan fingerprint density at radius 2 is 0.726 bits per heavy atom. The van der Waals surface area contributed by atoms with Gasteiger partial charge in [-0.1, -0.05) is 229 Å². The monoisotopic (exact) mass is 867 g/mol. The third kappa shape index (κ3) is 50.2. The number of hydrogen-bond acceptors (Lipinski definition) is 5. The number of rotatable bonds is 49. The topological polar surface area (TPSA) is 61.8 Å². The molecule has 0 aromatic carbocycles. The van der Waals surface area contributed by atoms with Crippen LogP contribution in [-0.2, 0) is 23.8 Å². The van der Waals surface area contributed by atoms with Crippen molar-refractivity contribution in [3.05, 3.63) is 60.8 Å². The Morgan fingerprint density at radius 1 is 0.371 bits per heavy atom. The van der Waals surface area contributed by atoms with E-state index in [1.807, 2.05) is 0 Å². The molecule has 1 atom stereocenters. The first-order valence-electron chi connectivity index (χ1n) is 26.8. The molecule has 0 rings (SSSR count). The molecule has 1 unspecified atom stereocenters. The van der Waals surface area contributed by atoms with E-state index in [1.54, 1.807) is 0 Å². The van der Waals surface area contributed by atoms with E-state index in [0.29, 0.717) is 19.4 Å². The van der Waals surface area contributed by atoms with Gasteiger partial charge in [0.1, 0.15) is 6.61 Å². The highest BCUT2D eigenvalue weighted by Gasteiger charge is 2.17. The predicted molar refractivity (Wildman–Crippen MR) is 270 cm³/mol. The molecule has 5 nitrogen and oxygen atoms in total. The van der Waals surface area contributed by atoms with Crippen LogP contribution in [0.4, 0.5) is 0 Å². The second-order valence-electron chi connectivity index (χ2n) is 17.8. The van der Waals surface area contributed by atoms with Gasteiger partial charge in [-0.15, -0.1) is 0 Å². The molecule has 0 fully saturated rings. The number of hydrogen-bond donors (Lipinski definition) is 0. The first-order chi connectivity index (χ1) is 30.6. The molecule has 5 heteroatoms. The van der Waals surface area contributed by atoms with Gasteiger partial charge in [0.25, 0.3) is 0 Å². The number of ether oxygens (including phenoxy) is 3. The van der Waals surface area contributed by atoms with Gasteiger partial charge in [0, 0.05) is 19.4 Å². The lowest BCUT2D eigenvalue weighted by Crippen LogP contribution is -2.30. The summed E-state index contributed by atoms with van der Waals surface area (Å²) in [7, 11) is 0. The van der Waals surface area contributed by atoms with Gasteiger partial charge < -0.3 is 14.2 Å². The van der Waals surface area contributed by atoms with Crippen LogP contribution in [-0.4, -0.2) is 37.9 Å². The first-order valence-corrected chi connectivity index (χ1v) is 26.8. The van der Waals surface area contributed by atoms with Crippen molar-refractivity contribution in [3.8, 4) is 0 Å². The SMILES string of the molecule is CC/C=C\C/C=C\C/C=C\C/C=C\CCCCC(=O)OC(COCCCCCCCC/C=C\CCCCCC)COC(=O)CCCCCCCCCCCCCCCCCCC. The maximum Gasteiger partial charge on any atom is 0.306 e. The minimum Gasteiger partial charge on any atom is -0.462 e. The number of allylic oxidation sites excluding steroid dienone is 10. The molecular weight excluding hydrogens is 765 g/mol. The van der Waals surface area contributed by atoms with Crippen LogP contribution in [0, 0.1) is 0 Å². The molecule has 0 aliphatic heterocycles. The fourth-order valence-electron chi connectivity index (χ4n) is 7.56. The second-order valence-corrected chi connectivity index (χ2v) is 17.8. The molecule has 0 spiro atoms. The molecule has 0 saturated carbocycles. The van der Waals surface area contributed by atoms with Crippen LogP contribution in [0.3, 0.4) is 0 Å². The summed E-state index contributed by atoms with van der Waals surface area (Å²) in [5.41, 5.74) is 0. The van der Waals surface area contributed by atoms with Crippen LogP contribution in [0.15, 0.2) is 60.8 Å². The van der Waals surface area contributed by atoms with Crippen molar-refractivity contribution in [1.82, 2.24) is 0 Å². The quantitative estimate of drug-likeness (QED) is 0.0346. The molecule has 0 aliphatic carbocycles. The smallest absolute Gasteiger partial charge is 0.306 e. The Bertz CT molecular complexity index is 1070. The maximum absolute atomic E-state index is 12.8. The molecule has 0 aliphatic rings. The van der Waals surface area contributed by atoms with Gasteiger partial charge in [-0.3, -0.25) is 9.59 Å². The predicted octanol–water partition coefficient (Wildman–Crippen LogP) is 18.1. The van der Waals surface area contributed by atoms with Crippen LogP contribution in [0.25, 0.3) is 0 Å². The van der Waals surface area contributed by atoms with E-state index < -0.39 is 6.10 Å². The summed E-state index contributed by atoms with van der Waals surface area (Å²) < 4.78 is 17.4. The lowest BCUT2D eigenvalue weighted by Gasteiger charge is -2.18. The largest absolute Gasteiger partial charge is 0.462 e. The molecule has 0 N–H and O–H groups in total. The fourth-order valence-corrected chi connectivity index (χ4v) is 7.56. The molecule has 0 bridgehead atoms. The Labute approximate surface area is 385 Å². The molecule has 0 radical (unpaired) electrons. The van der Waals surface area contributed by atoms with Crippen LogP contribution in [0.5, 0.6) is 0 Å². The number of carbonyl (C=O) groups excluding carboxylic acids is 2. The molecular formula is C57H102O5. The second kappa shape index (κ2) is 52.9. The summed E-state index contributed by atoms with van der Waals surface area (Å²) in [5.74, 6) is -0.438. The summed E-state index contributed by atoms with van der Waals surface area (Å²) in [5, 5.41) is 0. The zero-order valence-corrected chi connectivity index (χ0v) is 41.4. The van der Waals surface area contributed by atoms with Crippen molar-refractivity contribution >= 4 is 11.9 Å². The van der Waals surface area contributed by atoms with Crippen molar-refractivity contribution < 1.29 is 23.8 Å². The van der Waals surface area contributed by atoms with Crippen LogP contribution < -0.4 is 0 Å². The Morgan fingerprint density at radius 3 is 1.23 bits per heavy atom. The van der Waals surface area contributed by atoms with Gasteiger partial charge >= 0.3 is 11.9 Å². The highest BCUT2D eigenvalue weighted by Crippen LogP contribution is 2.15. The summed E-state index contributed by atoms with van der Waals surface area (Å²) in [6.45, 7) is 7.68. The number of esters is 2. The van der Waals surface area contributed by atoms with Gasteiger partial charge in [0.05, 0.1) is 6.61 Å². The third-order valence-electron chi connectivity index (χ3n) is 11.5. The van der Waals surface area contributed by atoms with Gasteiger partial charge in [0.2, 0.25) is 0 Å². The minimum atomic E-state index is -0.559. The van der Waals surface area contributed by atoms with E-state index in [1.165, 1.54) is 161 Å². The van der Waals surface area contributed by atoms with Crippen molar-refractivity contribution in [2.75, 3.05) is 19.8 Å². The molecule has 360 valence electrons. The van der Waals surface area contributed by atoms with Crippen molar-refractivity contribution in [3.63, 3.8) is 0 Å². The Hall–Kier alpha value is -2.40. The van der Waals surface area contributed by atoms with E-state index in [0.717, 1.165) is 70.6 Å². The van der Waals surface area contributed by atoms with E-state index in [-0.39, 0.29) is 25.2 Å². The van der Waals surface area contributed by atoms with E-state index in [2.05, 4.69) is 81.5 Å². The van der Waals surface area contributed by atoms with E-state index >= 15 is 0 Å². The van der Waals surface area contributed by atoms with Crippen LogP contribution in [0.1, 0.15) is 265 Å². The fraction of sp³-hybridized carbons (Fsp3) is 0.789. The molecule has 0 aromatic rings. The van der Waals surface area contributed by atoms with Crippen molar-refractivity contribution in [1.29, 1.82) is 0 Å². The van der Waals surface area contributed by atoms with Crippen LogP contribution in [0.2, 0.25) is 0 Å². The average molecular weight is 867 g/mol. The van der Waals surface area contributed by atoms with E-state index in [4.69, 9.17) is 14.2 Å². The molecule has 62 heavy (non-hydrogen) atoms. The minimum absolute atomic E-state index is 0.0681. The van der Waals surface area contributed by atoms with Crippen molar-refractivity contribution in [2.24, 2.45) is 0 Å².